The molecule has 1 aromatic heterocycles. The zero-order valence-electron chi connectivity index (χ0n) is 14.3. The monoisotopic (exact) mass is 377 g/mol. The van der Waals surface area contributed by atoms with Crippen molar-refractivity contribution in [2.75, 3.05) is 18.4 Å². The van der Waals surface area contributed by atoms with Gasteiger partial charge in [-0.2, -0.15) is 0 Å². The number of benzene rings is 1. The largest absolute Gasteiger partial charge is 0.480 e. The smallest absolute Gasteiger partial charge is 0.317 e. The minimum atomic E-state index is -0.765. The van der Waals surface area contributed by atoms with Crippen LogP contribution < -0.4 is 5.32 Å². The highest BCUT2D eigenvalue weighted by Gasteiger charge is 2.37. The number of rotatable bonds is 7. The van der Waals surface area contributed by atoms with Crippen molar-refractivity contribution in [3.05, 3.63) is 35.2 Å². The van der Waals surface area contributed by atoms with E-state index in [0.29, 0.717) is 17.5 Å². The van der Waals surface area contributed by atoms with Crippen LogP contribution in [0.2, 0.25) is 5.02 Å². The molecule has 26 heavy (non-hydrogen) atoms. The van der Waals surface area contributed by atoms with Crippen molar-refractivity contribution in [2.45, 2.75) is 37.8 Å². The van der Waals surface area contributed by atoms with E-state index in [1.807, 2.05) is 6.07 Å². The van der Waals surface area contributed by atoms with Crippen molar-refractivity contribution >= 4 is 34.2 Å². The van der Waals surface area contributed by atoms with Crippen LogP contribution in [-0.2, 0) is 4.79 Å². The van der Waals surface area contributed by atoms with E-state index in [2.05, 4.69) is 15.2 Å². The van der Waals surface area contributed by atoms with Gasteiger partial charge in [0.2, 0.25) is 0 Å². The third kappa shape index (κ3) is 3.76. The first-order valence-corrected chi connectivity index (χ1v) is 9.33. The number of halogens is 2. The van der Waals surface area contributed by atoms with Crippen molar-refractivity contribution in [3.8, 4) is 0 Å². The molecule has 138 valence electrons. The van der Waals surface area contributed by atoms with Crippen LogP contribution in [0.15, 0.2) is 24.4 Å². The first-order chi connectivity index (χ1) is 12.5. The first-order valence-electron chi connectivity index (χ1n) is 8.95. The van der Waals surface area contributed by atoms with Crippen LogP contribution in [0, 0.1) is 11.7 Å². The second-order valence-corrected chi connectivity index (χ2v) is 7.78. The lowest BCUT2D eigenvalue weighted by Crippen LogP contribution is -2.52. The van der Waals surface area contributed by atoms with E-state index in [4.69, 9.17) is 16.7 Å². The minimum Gasteiger partial charge on any atom is -0.480 e. The van der Waals surface area contributed by atoms with Gasteiger partial charge in [0, 0.05) is 42.0 Å². The number of carbonyl (C=O) groups is 1. The standard InChI is InChI=1S/C19H21ClFN3O2/c20-15-7-14-17(3-4-22-18(14)8-16(15)21)23-12-5-13(6-12)24(10-19(25)26)9-11-1-2-11/h3-4,7-8,11-13H,1-2,5-6,9-10H2,(H,22,23)(H,25,26). The molecule has 0 bridgehead atoms. The first kappa shape index (κ1) is 17.5. The summed E-state index contributed by atoms with van der Waals surface area (Å²) < 4.78 is 13.6. The number of hydrogen-bond acceptors (Lipinski definition) is 4. The molecule has 0 saturated heterocycles. The van der Waals surface area contributed by atoms with Crippen LogP contribution in [0.1, 0.15) is 25.7 Å². The average molecular weight is 378 g/mol. The van der Waals surface area contributed by atoms with Gasteiger partial charge < -0.3 is 10.4 Å². The van der Waals surface area contributed by atoms with Gasteiger partial charge in [-0.3, -0.25) is 14.7 Å². The number of aliphatic carboxylic acids is 1. The molecule has 2 aromatic rings. The minimum absolute atomic E-state index is 0.0807. The summed E-state index contributed by atoms with van der Waals surface area (Å²) in [5, 5.41) is 13.5. The summed E-state index contributed by atoms with van der Waals surface area (Å²) >= 11 is 5.92. The number of fused-ring (bicyclic) bond motifs is 1. The van der Waals surface area contributed by atoms with Gasteiger partial charge >= 0.3 is 5.97 Å². The number of nitrogens with zero attached hydrogens (tertiary/aromatic N) is 2. The van der Waals surface area contributed by atoms with Crippen LogP contribution in [0.3, 0.4) is 0 Å². The fourth-order valence-electron chi connectivity index (χ4n) is 3.64. The maximum atomic E-state index is 13.6. The molecular weight excluding hydrogens is 357 g/mol. The molecular formula is C19H21ClFN3O2. The molecule has 0 amide bonds. The van der Waals surface area contributed by atoms with E-state index in [1.165, 1.54) is 18.9 Å². The molecule has 2 aliphatic carbocycles. The SMILES string of the molecule is O=C(O)CN(CC1CC1)C1CC(Nc2ccnc3cc(F)c(Cl)cc23)C1. The van der Waals surface area contributed by atoms with E-state index in [9.17, 15) is 9.18 Å². The van der Waals surface area contributed by atoms with Crippen molar-refractivity contribution in [3.63, 3.8) is 0 Å². The van der Waals surface area contributed by atoms with Gasteiger partial charge in [0.15, 0.2) is 0 Å². The number of anilines is 1. The Kier molecular flexibility index (Phi) is 4.71. The summed E-state index contributed by atoms with van der Waals surface area (Å²) in [6.07, 6.45) is 5.88. The molecule has 2 fully saturated rings. The van der Waals surface area contributed by atoms with E-state index in [0.717, 1.165) is 30.5 Å². The maximum Gasteiger partial charge on any atom is 0.317 e. The number of pyridine rings is 1. The zero-order valence-corrected chi connectivity index (χ0v) is 15.0. The molecule has 2 saturated carbocycles. The molecule has 7 heteroatoms. The summed E-state index contributed by atoms with van der Waals surface area (Å²) in [4.78, 5) is 17.4. The lowest BCUT2D eigenvalue weighted by atomic mass is 9.85. The number of aromatic nitrogens is 1. The van der Waals surface area contributed by atoms with Gasteiger partial charge in [-0.05, 0) is 43.7 Å². The Morgan fingerprint density at radius 3 is 2.85 bits per heavy atom. The van der Waals surface area contributed by atoms with Crippen LogP contribution >= 0.6 is 11.6 Å². The van der Waals surface area contributed by atoms with Gasteiger partial charge in [0.1, 0.15) is 5.82 Å². The maximum absolute atomic E-state index is 13.6. The summed E-state index contributed by atoms with van der Waals surface area (Å²) in [6.45, 7) is 0.998. The Morgan fingerprint density at radius 1 is 1.38 bits per heavy atom. The summed E-state index contributed by atoms with van der Waals surface area (Å²) in [6, 6.07) is 5.38. The third-order valence-corrected chi connectivity index (χ3v) is 5.59. The number of carboxylic acid groups (broad SMARTS) is 1. The lowest BCUT2D eigenvalue weighted by Gasteiger charge is -2.43. The topological polar surface area (TPSA) is 65.5 Å². The van der Waals surface area contributed by atoms with Crippen molar-refractivity contribution in [2.24, 2.45) is 5.92 Å². The summed E-state index contributed by atoms with van der Waals surface area (Å²) in [7, 11) is 0. The van der Waals surface area contributed by atoms with Gasteiger partial charge in [0.05, 0.1) is 17.1 Å². The summed E-state index contributed by atoms with van der Waals surface area (Å²) in [5.74, 6) is -0.571. The molecule has 1 aromatic carbocycles. The lowest BCUT2D eigenvalue weighted by molar-refractivity contribution is -0.139. The fourth-order valence-corrected chi connectivity index (χ4v) is 3.80. The Labute approximate surface area is 156 Å². The molecule has 2 N–H and O–H groups in total. The molecule has 0 radical (unpaired) electrons. The fraction of sp³-hybridized carbons (Fsp3) is 0.474. The van der Waals surface area contributed by atoms with E-state index in [-0.39, 0.29) is 17.6 Å². The van der Waals surface area contributed by atoms with E-state index in [1.54, 1.807) is 12.3 Å². The highest BCUT2D eigenvalue weighted by Crippen LogP contribution is 2.36. The third-order valence-electron chi connectivity index (χ3n) is 5.30. The van der Waals surface area contributed by atoms with Gasteiger partial charge in [-0.1, -0.05) is 11.6 Å². The summed E-state index contributed by atoms with van der Waals surface area (Å²) in [5.41, 5.74) is 1.45. The molecule has 0 unspecified atom stereocenters. The van der Waals surface area contributed by atoms with E-state index < -0.39 is 11.8 Å². The molecule has 5 nitrogen and oxygen atoms in total. The highest BCUT2D eigenvalue weighted by atomic mass is 35.5. The number of hydrogen-bond donors (Lipinski definition) is 2. The average Bonchev–Trinajstić information content (AvgIpc) is 3.35. The Bertz CT molecular complexity index is 837. The molecule has 1 heterocycles. The normalized spacial score (nSPS) is 22.4. The van der Waals surface area contributed by atoms with Crippen LogP contribution in [0.4, 0.5) is 10.1 Å². The van der Waals surface area contributed by atoms with Gasteiger partial charge in [0.25, 0.3) is 0 Å². The quantitative estimate of drug-likeness (QED) is 0.769. The molecule has 0 atom stereocenters. The van der Waals surface area contributed by atoms with Crippen molar-refractivity contribution in [1.29, 1.82) is 0 Å². The number of carboxylic acids is 1. The zero-order chi connectivity index (χ0) is 18.3. The molecule has 0 aliphatic heterocycles. The van der Waals surface area contributed by atoms with Crippen LogP contribution in [0.5, 0.6) is 0 Å². The Morgan fingerprint density at radius 2 is 2.15 bits per heavy atom. The highest BCUT2D eigenvalue weighted by molar-refractivity contribution is 6.31. The predicted molar refractivity (Wildman–Crippen MR) is 99.1 cm³/mol. The molecule has 4 rings (SSSR count). The van der Waals surface area contributed by atoms with Crippen LogP contribution in [-0.4, -0.2) is 46.1 Å². The Balaban J connectivity index is 1.42. The molecule has 0 spiro atoms. The van der Waals surface area contributed by atoms with E-state index >= 15 is 0 Å². The predicted octanol–water partition coefficient (Wildman–Crippen LogP) is 3.77. The van der Waals surface area contributed by atoms with Crippen molar-refractivity contribution < 1.29 is 14.3 Å². The van der Waals surface area contributed by atoms with Crippen LogP contribution in [0.25, 0.3) is 10.9 Å². The second kappa shape index (κ2) is 7.00. The Hall–Kier alpha value is -1.92. The molecule has 2 aliphatic rings. The van der Waals surface area contributed by atoms with Gasteiger partial charge in [-0.15, -0.1) is 0 Å². The van der Waals surface area contributed by atoms with Gasteiger partial charge in [-0.25, -0.2) is 4.39 Å². The number of nitrogens with one attached hydrogen (secondary N) is 1. The second-order valence-electron chi connectivity index (χ2n) is 7.38. The van der Waals surface area contributed by atoms with Crippen molar-refractivity contribution in [1.82, 2.24) is 9.88 Å².